The zero-order chi connectivity index (χ0) is 18.9. The molecule has 7 heteroatoms. The summed E-state index contributed by atoms with van der Waals surface area (Å²) in [6.07, 6.45) is 7.29. The molecule has 1 amide bonds. The minimum Gasteiger partial charge on any atom is -0.378 e. The molecule has 5 rings (SSSR count). The number of nitrogens with zero attached hydrogens (tertiary/aromatic N) is 5. The maximum absolute atomic E-state index is 13.0. The quantitative estimate of drug-likeness (QED) is 0.554. The number of aromatic nitrogens is 4. The van der Waals surface area contributed by atoms with Crippen LogP contribution in [0.25, 0.3) is 22.5 Å². The summed E-state index contributed by atoms with van der Waals surface area (Å²) in [6.45, 7) is 2.35. The molecule has 0 N–H and O–H groups in total. The first kappa shape index (κ1) is 16.7. The maximum atomic E-state index is 13.0. The summed E-state index contributed by atoms with van der Waals surface area (Å²) in [7, 11) is 0. The Balaban J connectivity index is 1.57. The summed E-state index contributed by atoms with van der Waals surface area (Å²) >= 11 is 0. The first-order chi connectivity index (χ1) is 13.8. The predicted molar refractivity (Wildman–Crippen MR) is 104 cm³/mol. The average molecular weight is 373 g/mol. The van der Waals surface area contributed by atoms with Gasteiger partial charge in [0.05, 0.1) is 19.4 Å². The number of morpholine rings is 1. The van der Waals surface area contributed by atoms with Crippen LogP contribution >= 0.6 is 0 Å². The lowest BCUT2D eigenvalue weighted by molar-refractivity contribution is 0.0297. The van der Waals surface area contributed by atoms with Gasteiger partial charge < -0.3 is 14.0 Å². The van der Waals surface area contributed by atoms with Gasteiger partial charge in [-0.2, -0.15) is 5.10 Å². The van der Waals surface area contributed by atoms with E-state index in [4.69, 9.17) is 4.74 Å². The summed E-state index contributed by atoms with van der Waals surface area (Å²) < 4.78 is 9.12. The molecule has 0 aliphatic carbocycles. The SMILES string of the molecule is O=C(c1ccnn1-c1ccc2ccc(-c3ccncc3)cn12)N1CCOCC1. The molecule has 1 fully saturated rings. The van der Waals surface area contributed by atoms with E-state index in [2.05, 4.69) is 32.8 Å². The number of hydrogen-bond donors (Lipinski definition) is 0. The van der Waals surface area contributed by atoms with E-state index in [-0.39, 0.29) is 5.91 Å². The van der Waals surface area contributed by atoms with Gasteiger partial charge in [0.2, 0.25) is 0 Å². The summed E-state index contributed by atoms with van der Waals surface area (Å²) in [5, 5.41) is 4.43. The van der Waals surface area contributed by atoms with Crippen molar-refractivity contribution in [3.63, 3.8) is 0 Å². The van der Waals surface area contributed by atoms with Gasteiger partial charge in [0.25, 0.3) is 5.91 Å². The van der Waals surface area contributed by atoms with Crippen LogP contribution in [0.5, 0.6) is 0 Å². The van der Waals surface area contributed by atoms with Crippen LogP contribution in [0.2, 0.25) is 0 Å². The van der Waals surface area contributed by atoms with Crippen molar-refractivity contribution in [2.24, 2.45) is 0 Å². The Hall–Kier alpha value is -3.45. The molecule has 0 saturated carbocycles. The van der Waals surface area contributed by atoms with Crippen LogP contribution in [0, 0.1) is 0 Å². The summed E-state index contributed by atoms with van der Waals surface area (Å²) in [4.78, 5) is 18.9. The van der Waals surface area contributed by atoms with Gasteiger partial charge in [-0.15, -0.1) is 0 Å². The van der Waals surface area contributed by atoms with Crippen LogP contribution in [0.15, 0.2) is 67.3 Å². The normalized spacial score (nSPS) is 14.5. The molecule has 4 aromatic rings. The fourth-order valence-corrected chi connectivity index (χ4v) is 3.55. The molecule has 1 aliphatic rings. The van der Waals surface area contributed by atoms with Crippen molar-refractivity contribution >= 4 is 11.4 Å². The smallest absolute Gasteiger partial charge is 0.272 e. The van der Waals surface area contributed by atoms with E-state index in [1.54, 1.807) is 29.3 Å². The van der Waals surface area contributed by atoms with E-state index in [9.17, 15) is 4.79 Å². The lowest BCUT2D eigenvalue weighted by Crippen LogP contribution is -2.41. The number of amides is 1. The molecule has 0 bridgehead atoms. The second kappa shape index (κ2) is 6.94. The van der Waals surface area contributed by atoms with Gasteiger partial charge in [0.15, 0.2) is 0 Å². The van der Waals surface area contributed by atoms with Crippen molar-refractivity contribution in [1.82, 2.24) is 24.1 Å². The van der Waals surface area contributed by atoms with Crippen molar-refractivity contribution in [3.8, 4) is 16.9 Å². The highest BCUT2D eigenvalue weighted by Gasteiger charge is 2.23. The number of pyridine rings is 2. The Labute approximate surface area is 161 Å². The van der Waals surface area contributed by atoms with Crippen molar-refractivity contribution in [3.05, 3.63) is 72.9 Å². The minimum absolute atomic E-state index is 0.0268. The van der Waals surface area contributed by atoms with Gasteiger partial charge in [-0.05, 0) is 47.5 Å². The molecule has 0 aromatic carbocycles. The number of ether oxygens (including phenoxy) is 1. The third-order valence-electron chi connectivity index (χ3n) is 5.02. The maximum Gasteiger partial charge on any atom is 0.272 e. The summed E-state index contributed by atoms with van der Waals surface area (Å²) in [6, 6.07) is 13.9. The largest absolute Gasteiger partial charge is 0.378 e. The Kier molecular flexibility index (Phi) is 4.14. The van der Waals surface area contributed by atoms with Crippen molar-refractivity contribution in [2.45, 2.75) is 0 Å². The van der Waals surface area contributed by atoms with Crippen molar-refractivity contribution < 1.29 is 9.53 Å². The highest BCUT2D eigenvalue weighted by atomic mass is 16.5. The third kappa shape index (κ3) is 2.86. The number of hydrogen-bond acceptors (Lipinski definition) is 4. The zero-order valence-electron chi connectivity index (χ0n) is 15.2. The van der Waals surface area contributed by atoms with Crippen LogP contribution in [0.3, 0.4) is 0 Å². The lowest BCUT2D eigenvalue weighted by atomic mass is 10.1. The summed E-state index contributed by atoms with van der Waals surface area (Å²) in [5.41, 5.74) is 3.74. The Morgan fingerprint density at radius 3 is 2.50 bits per heavy atom. The van der Waals surface area contributed by atoms with Gasteiger partial charge in [-0.25, -0.2) is 4.68 Å². The molecule has 4 aromatic heterocycles. The van der Waals surface area contributed by atoms with Crippen LogP contribution in [0.1, 0.15) is 10.5 Å². The lowest BCUT2D eigenvalue weighted by Gasteiger charge is -2.26. The molecule has 1 aliphatic heterocycles. The van der Waals surface area contributed by atoms with E-state index in [1.165, 1.54) is 0 Å². The number of carbonyl (C=O) groups is 1. The van der Waals surface area contributed by atoms with E-state index in [0.29, 0.717) is 32.0 Å². The average Bonchev–Trinajstić information content (AvgIpc) is 3.40. The Bertz CT molecular complexity index is 1130. The standard InChI is InChI=1S/C21H19N5O2/c27-21(24-11-13-28-14-12-24)19-7-10-23-26(19)20-4-3-18-2-1-17(15-25(18)20)16-5-8-22-9-6-16/h1-10,15H,11-14H2. The molecule has 1 saturated heterocycles. The van der Waals surface area contributed by atoms with E-state index >= 15 is 0 Å². The zero-order valence-corrected chi connectivity index (χ0v) is 15.2. The monoisotopic (exact) mass is 373 g/mol. The number of carbonyl (C=O) groups excluding carboxylic acids is 1. The van der Waals surface area contributed by atoms with E-state index < -0.39 is 0 Å². The Morgan fingerprint density at radius 2 is 1.68 bits per heavy atom. The summed E-state index contributed by atoms with van der Waals surface area (Å²) in [5.74, 6) is 0.800. The second-order valence-electron chi connectivity index (χ2n) is 6.67. The van der Waals surface area contributed by atoms with E-state index in [0.717, 1.165) is 22.5 Å². The minimum atomic E-state index is -0.0268. The first-order valence-electron chi connectivity index (χ1n) is 9.24. The van der Waals surface area contributed by atoms with Crippen LogP contribution in [-0.2, 0) is 4.74 Å². The van der Waals surface area contributed by atoms with Gasteiger partial charge >= 0.3 is 0 Å². The fourth-order valence-electron chi connectivity index (χ4n) is 3.55. The van der Waals surface area contributed by atoms with Gasteiger partial charge in [0, 0.05) is 37.2 Å². The first-order valence-corrected chi connectivity index (χ1v) is 9.24. The van der Waals surface area contributed by atoms with Crippen LogP contribution in [-0.4, -0.2) is 56.3 Å². The highest BCUT2D eigenvalue weighted by Crippen LogP contribution is 2.23. The molecule has 7 nitrogen and oxygen atoms in total. The highest BCUT2D eigenvalue weighted by molar-refractivity contribution is 5.93. The third-order valence-corrected chi connectivity index (χ3v) is 5.02. The van der Waals surface area contributed by atoms with Gasteiger partial charge in [-0.3, -0.25) is 9.78 Å². The van der Waals surface area contributed by atoms with E-state index in [1.807, 2.05) is 29.2 Å². The predicted octanol–water partition coefficient (Wildman–Crippen LogP) is 2.66. The topological polar surface area (TPSA) is 64.7 Å². The molecule has 0 unspecified atom stereocenters. The second-order valence-corrected chi connectivity index (χ2v) is 6.67. The van der Waals surface area contributed by atoms with Crippen LogP contribution in [0.4, 0.5) is 0 Å². The van der Waals surface area contributed by atoms with Crippen molar-refractivity contribution in [2.75, 3.05) is 26.3 Å². The molecule has 5 heterocycles. The van der Waals surface area contributed by atoms with Gasteiger partial charge in [-0.1, -0.05) is 6.07 Å². The number of fused-ring (bicyclic) bond motifs is 1. The molecule has 0 spiro atoms. The number of rotatable bonds is 3. The van der Waals surface area contributed by atoms with Crippen molar-refractivity contribution in [1.29, 1.82) is 0 Å². The molecular weight excluding hydrogens is 354 g/mol. The molecule has 0 atom stereocenters. The van der Waals surface area contributed by atoms with Crippen LogP contribution < -0.4 is 0 Å². The molecule has 28 heavy (non-hydrogen) atoms. The molecule has 140 valence electrons. The fraction of sp³-hybridized carbons (Fsp3) is 0.190. The molecular formula is C21H19N5O2. The molecule has 0 radical (unpaired) electrons. The Morgan fingerprint density at radius 1 is 0.893 bits per heavy atom. The van der Waals surface area contributed by atoms with Gasteiger partial charge in [0.1, 0.15) is 11.5 Å².